The number of hydrogen-bond acceptors (Lipinski definition) is 4. The van der Waals surface area contributed by atoms with Crippen LogP contribution in [0.2, 0.25) is 0 Å². The SMILES string of the molecule is O=C1CCC(CNC(=O)Nc2nc3c(s2)CCCCC3)N1. The lowest BCUT2D eigenvalue weighted by atomic mass is 10.2. The monoisotopic (exact) mass is 308 g/mol. The molecule has 6 nitrogen and oxygen atoms in total. The van der Waals surface area contributed by atoms with Gasteiger partial charge in [-0.3, -0.25) is 10.1 Å². The smallest absolute Gasteiger partial charge is 0.321 e. The van der Waals surface area contributed by atoms with E-state index >= 15 is 0 Å². The second kappa shape index (κ2) is 6.43. The molecular weight excluding hydrogens is 288 g/mol. The summed E-state index contributed by atoms with van der Waals surface area (Å²) < 4.78 is 0. The van der Waals surface area contributed by atoms with Crippen molar-refractivity contribution in [3.8, 4) is 0 Å². The average molecular weight is 308 g/mol. The molecule has 1 aliphatic heterocycles. The van der Waals surface area contributed by atoms with E-state index in [1.807, 2.05) is 0 Å². The summed E-state index contributed by atoms with van der Waals surface area (Å²) in [5, 5.41) is 9.09. The third-order valence-corrected chi connectivity index (χ3v) is 4.98. The molecule has 114 valence electrons. The van der Waals surface area contributed by atoms with Crippen LogP contribution in [0.4, 0.5) is 9.93 Å². The summed E-state index contributed by atoms with van der Waals surface area (Å²) in [5.74, 6) is 0.0610. The van der Waals surface area contributed by atoms with Crippen LogP contribution in [0.3, 0.4) is 0 Å². The normalized spacial score (nSPS) is 21.3. The number of nitrogens with zero attached hydrogens (tertiary/aromatic N) is 1. The third-order valence-electron chi connectivity index (χ3n) is 3.91. The number of carbonyl (C=O) groups is 2. The molecule has 0 saturated carbocycles. The number of fused-ring (bicyclic) bond motifs is 1. The Balaban J connectivity index is 1.49. The molecule has 1 unspecified atom stereocenters. The highest BCUT2D eigenvalue weighted by molar-refractivity contribution is 7.15. The predicted molar refractivity (Wildman–Crippen MR) is 81.6 cm³/mol. The molecule has 1 aromatic rings. The molecule has 0 spiro atoms. The van der Waals surface area contributed by atoms with Crippen LogP contribution < -0.4 is 16.0 Å². The van der Waals surface area contributed by atoms with Crippen LogP contribution in [0.5, 0.6) is 0 Å². The summed E-state index contributed by atoms with van der Waals surface area (Å²) in [6.45, 7) is 0.461. The van der Waals surface area contributed by atoms with Gasteiger partial charge in [0.25, 0.3) is 0 Å². The Hall–Kier alpha value is -1.63. The van der Waals surface area contributed by atoms with Gasteiger partial charge in [0.05, 0.1) is 5.69 Å². The van der Waals surface area contributed by atoms with Gasteiger partial charge in [-0.05, 0) is 32.1 Å². The molecule has 1 aliphatic carbocycles. The van der Waals surface area contributed by atoms with E-state index < -0.39 is 0 Å². The number of nitrogens with one attached hydrogen (secondary N) is 3. The van der Waals surface area contributed by atoms with E-state index in [2.05, 4.69) is 20.9 Å². The van der Waals surface area contributed by atoms with Crippen molar-refractivity contribution in [2.45, 2.75) is 51.0 Å². The van der Waals surface area contributed by atoms with Gasteiger partial charge in [0.2, 0.25) is 5.91 Å². The van der Waals surface area contributed by atoms with Gasteiger partial charge in [-0.1, -0.05) is 6.42 Å². The first-order valence-corrected chi connectivity index (χ1v) is 8.35. The summed E-state index contributed by atoms with van der Waals surface area (Å²) >= 11 is 1.58. The number of thiazole rings is 1. The van der Waals surface area contributed by atoms with Gasteiger partial charge in [0.15, 0.2) is 5.13 Å². The maximum absolute atomic E-state index is 11.9. The molecular formula is C14H20N4O2S. The molecule has 0 bridgehead atoms. The molecule has 1 aromatic heterocycles. The second-order valence-corrected chi connectivity index (χ2v) is 6.67. The van der Waals surface area contributed by atoms with E-state index in [9.17, 15) is 9.59 Å². The van der Waals surface area contributed by atoms with E-state index in [-0.39, 0.29) is 18.0 Å². The summed E-state index contributed by atoms with van der Waals surface area (Å²) in [7, 11) is 0. The topological polar surface area (TPSA) is 83.1 Å². The van der Waals surface area contributed by atoms with Crippen molar-refractivity contribution in [2.75, 3.05) is 11.9 Å². The Morgan fingerprint density at radius 1 is 1.29 bits per heavy atom. The maximum Gasteiger partial charge on any atom is 0.321 e. The van der Waals surface area contributed by atoms with Gasteiger partial charge in [-0.2, -0.15) is 0 Å². The lowest BCUT2D eigenvalue weighted by Gasteiger charge is -2.11. The summed E-state index contributed by atoms with van der Waals surface area (Å²) in [4.78, 5) is 28.8. The van der Waals surface area contributed by atoms with Crippen LogP contribution in [0, 0.1) is 0 Å². The van der Waals surface area contributed by atoms with Gasteiger partial charge in [-0.25, -0.2) is 9.78 Å². The number of amides is 3. The van der Waals surface area contributed by atoms with Crippen molar-refractivity contribution in [3.05, 3.63) is 10.6 Å². The number of carbonyl (C=O) groups excluding carboxylic acids is 2. The lowest BCUT2D eigenvalue weighted by molar-refractivity contribution is -0.119. The molecule has 1 fully saturated rings. The van der Waals surface area contributed by atoms with Crippen molar-refractivity contribution in [3.63, 3.8) is 0 Å². The van der Waals surface area contributed by atoms with Gasteiger partial charge < -0.3 is 10.6 Å². The van der Waals surface area contributed by atoms with Crippen LogP contribution in [0.25, 0.3) is 0 Å². The zero-order valence-electron chi connectivity index (χ0n) is 11.9. The van der Waals surface area contributed by atoms with E-state index in [1.54, 1.807) is 11.3 Å². The highest BCUT2D eigenvalue weighted by atomic mass is 32.1. The molecule has 3 N–H and O–H groups in total. The molecule has 0 radical (unpaired) electrons. The fourth-order valence-electron chi connectivity index (χ4n) is 2.77. The first-order valence-electron chi connectivity index (χ1n) is 7.53. The van der Waals surface area contributed by atoms with Crippen LogP contribution in [0.1, 0.15) is 42.7 Å². The van der Waals surface area contributed by atoms with E-state index in [0.717, 1.165) is 25.0 Å². The van der Waals surface area contributed by atoms with Crippen LogP contribution >= 0.6 is 11.3 Å². The summed E-state index contributed by atoms with van der Waals surface area (Å²) in [6, 6.07) is -0.198. The first-order chi connectivity index (χ1) is 10.2. The molecule has 3 amide bonds. The molecule has 21 heavy (non-hydrogen) atoms. The predicted octanol–water partition coefficient (Wildman–Crippen LogP) is 1.81. The number of aromatic nitrogens is 1. The number of hydrogen-bond donors (Lipinski definition) is 3. The van der Waals surface area contributed by atoms with Gasteiger partial charge in [0, 0.05) is 23.9 Å². The van der Waals surface area contributed by atoms with Crippen LogP contribution in [-0.4, -0.2) is 29.5 Å². The molecule has 3 rings (SSSR count). The molecule has 2 heterocycles. The van der Waals surface area contributed by atoms with Crippen molar-refractivity contribution in [1.29, 1.82) is 0 Å². The molecule has 1 atom stereocenters. The Bertz CT molecular complexity index is 520. The number of rotatable bonds is 3. The lowest BCUT2D eigenvalue weighted by Crippen LogP contribution is -2.40. The van der Waals surface area contributed by atoms with Crippen molar-refractivity contribution in [2.24, 2.45) is 0 Å². The van der Waals surface area contributed by atoms with E-state index in [4.69, 9.17) is 0 Å². The molecule has 2 aliphatic rings. The Morgan fingerprint density at radius 3 is 2.95 bits per heavy atom. The number of anilines is 1. The Morgan fingerprint density at radius 2 is 2.14 bits per heavy atom. The first kappa shape index (κ1) is 14.3. The highest BCUT2D eigenvalue weighted by Crippen LogP contribution is 2.28. The second-order valence-electron chi connectivity index (χ2n) is 5.59. The highest BCUT2D eigenvalue weighted by Gasteiger charge is 2.21. The Kier molecular flexibility index (Phi) is 4.38. The standard InChI is InChI=1S/C14H20N4O2S/c19-12-7-6-9(16-12)8-15-13(20)18-14-17-10-4-2-1-3-5-11(10)21-14/h9H,1-8H2,(H,16,19)(H2,15,17,18,20). The van der Waals surface area contributed by atoms with Gasteiger partial charge in [0.1, 0.15) is 0 Å². The fourth-order valence-corrected chi connectivity index (χ4v) is 3.81. The molecule has 7 heteroatoms. The quantitative estimate of drug-likeness (QED) is 0.745. The minimum atomic E-state index is -0.250. The zero-order chi connectivity index (χ0) is 14.7. The fraction of sp³-hybridized carbons (Fsp3) is 0.643. The Labute approximate surface area is 127 Å². The van der Waals surface area contributed by atoms with Crippen molar-refractivity contribution >= 4 is 28.4 Å². The minimum Gasteiger partial charge on any atom is -0.352 e. The summed E-state index contributed by atoms with van der Waals surface area (Å²) in [5.41, 5.74) is 1.15. The minimum absolute atomic E-state index is 0.0521. The number of aryl methyl sites for hydroxylation is 2. The van der Waals surface area contributed by atoms with E-state index in [0.29, 0.717) is 18.1 Å². The largest absolute Gasteiger partial charge is 0.352 e. The molecule has 0 aromatic carbocycles. The van der Waals surface area contributed by atoms with E-state index in [1.165, 1.54) is 24.1 Å². The average Bonchev–Trinajstić information content (AvgIpc) is 2.97. The number of urea groups is 1. The van der Waals surface area contributed by atoms with Crippen LogP contribution in [-0.2, 0) is 17.6 Å². The van der Waals surface area contributed by atoms with Gasteiger partial charge in [-0.15, -0.1) is 11.3 Å². The van der Waals surface area contributed by atoms with Crippen LogP contribution in [0.15, 0.2) is 0 Å². The van der Waals surface area contributed by atoms with Gasteiger partial charge >= 0.3 is 6.03 Å². The van der Waals surface area contributed by atoms with Crippen molar-refractivity contribution < 1.29 is 9.59 Å². The summed E-state index contributed by atoms with van der Waals surface area (Å²) in [6.07, 6.45) is 7.08. The third kappa shape index (κ3) is 3.72. The maximum atomic E-state index is 11.9. The zero-order valence-corrected chi connectivity index (χ0v) is 12.7. The van der Waals surface area contributed by atoms with Crippen molar-refractivity contribution in [1.82, 2.24) is 15.6 Å². The molecule has 1 saturated heterocycles.